The van der Waals surface area contributed by atoms with Crippen molar-refractivity contribution in [1.29, 1.82) is 0 Å². The van der Waals surface area contributed by atoms with Gasteiger partial charge in [0, 0.05) is 13.2 Å². The lowest BCUT2D eigenvalue weighted by Gasteiger charge is -2.11. The molecule has 0 unspecified atom stereocenters. The summed E-state index contributed by atoms with van der Waals surface area (Å²) in [6, 6.07) is 3.56. The maximum Gasteiger partial charge on any atom is 0.354 e. The molecular weight excluding hydrogens is 260 g/mol. The predicted octanol–water partition coefficient (Wildman–Crippen LogP) is 1.72. The van der Waals surface area contributed by atoms with Crippen LogP contribution in [0, 0.1) is 0 Å². The van der Waals surface area contributed by atoms with Crippen LogP contribution < -0.4 is 0 Å². The molecule has 6 heteroatoms. The lowest BCUT2D eigenvalue weighted by molar-refractivity contribution is -0.148. The predicted molar refractivity (Wildman–Crippen MR) is 73.5 cm³/mol. The van der Waals surface area contributed by atoms with Gasteiger partial charge in [0.25, 0.3) is 0 Å². The Morgan fingerprint density at radius 1 is 1.30 bits per heavy atom. The number of nitrogens with zero attached hydrogens (tertiary/aromatic N) is 2. The van der Waals surface area contributed by atoms with Crippen molar-refractivity contribution in [1.82, 2.24) is 9.13 Å². The van der Waals surface area contributed by atoms with Gasteiger partial charge in [-0.1, -0.05) is 0 Å². The van der Waals surface area contributed by atoms with E-state index in [2.05, 4.69) is 0 Å². The van der Waals surface area contributed by atoms with E-state index >= 15 is 0 Å². The van der Waals surface area contributed by atoms with Crippen molar-refractivity contribution in [3.05, 3.63) is 24.0 Å². The third-order valence-corrected chi connectivity index (χ3v) is 3.00. The summed E-state index contributed by atoms with van der Waals surface area (Å²) in [5.74, 6) is -0.856. The molecule has 0 saturated carbocycles. The molecule has 0 fully saturated rings. The minimum Gasteiger partial charge on any atom is -0.464 e. The van der Waals surface area contributed by atoms with Gasteiger partial charge >= 0.3 is 11.9 Å². The van der Waals surface area contributed by atoms with Crippen LogP contribution in [-0.4, -0.2) is 34.3 Å². The molecular formula is C14H18N2O4. The van der Waals surface area contributed by atoms with Gasteiger partial charge in [0.05, 0.1) is 24.2 Å². The largest absolute Gasteiger partial charge is 0.464 e. The summed E-state index contributed by atoms with van der Waals surface area (Å²) < 4.78 is 13.4. The van der Waals surface area contributed by atoms with Gasteiger partial charge in [-0.25, -0.2) is 4.79 Å². The molecule has 0 radical (unpaired) electrons. The molecule has 0 aliphatic carbocycles. The fraction of sp³-hybridized carbons (Fsp3) is 0.429. The van der Waals surface area contributed by atoms with E-state index in [-0.39, 0.29) is 18.6 Å². The average molecular weight is 278 g/mol. The molecule has 0 bridgehead atoms. The quantitative estimate of drug-likeness (QED) is 0.799. The topological polar surface area (TPSA) is 62.5 Å². The van der Waals surface area contributed by atoms with E-state index in [0.29, 0.717) is 5.69 Å². The van der Waals surface area contributed by atoms with Gasteiger partial charge in [0.1, 0.15) is 12.2 Å². The van der Waals surface area contributed by atoms with Crippen LogP contribution in [0.3, 0.4) is 0 Å². The van der Waals surface area contributed by atoms with Crippen molar-refractivity contribution < 1.29 is 19.1 Å². The van der Waals surface area contributed by atoms with Crippen LogP contribution in [0.25, 0.3) is 11.0 Å². The number of hydrogen-bond donors (Lipinski definition) is 0. The standard InChI is InChI=1S/C14H18N2O4/c1-9(2)20-13(17)8-16-10-5-6-15(3)11(10)7-12(16)14(18)19-4/h5-7,9H,8H2,1-4H3. The zero-order valence-electron chi connectivity index (χ0n) is 12.0. The van der Waals surface area contributed by atoms with Gasteiger partial charge < -0.3 is 18.6 Å². The van der Waals surface area contributed by atoms with Crippen molar-refractivity contribution in [3.63, 3.8) is 0 Å². The summed E-state index contributed by atoms with van der Waals surface area (Å²) in [5.41, 5.74) is 2.01. The first-order valence-electron chi connectivity index (χ1n) is 6.36. The van der Waals surface area contributed by atoms with Crippen molar-refractivity contribution in [2.75, 3.05) is 7.11 Å². The fourth-order valence-electron chi connectivity index (χ4n) is 2.14. The second kappa shape index (κ2) is 5.40. The molecule has 2 aromatic rings. The van der Waals surface area contributed by atoms with Crippen LogP contribution in [0.2, 0.25) is 0 Å². The lowest BCUT2D eigenvalue weighted by atomic mass is 10.4. The molecule has 0 saturated heterocycles. The van der Waals surface area contributed by atoms with Crippen molar-refractivity contribution in [3.8, 4) is 0 Å². The molecule has 0 amide bonds. The SMILES string of the molecule is COC(=O)c1cc2c(ccn2C)n1CC(=O)OC(C)C. The average Bonchev–Trinajstić information content (AvgIpc) is 2.89. The second-order valence-corrected chi connectivity index (χ2v) is 4.84. The van der Waals surface area contributed by atoms with E-state index in [0.717, 1.165) is 11.0 Å². The zero-order chi connectivity index (χ0) is 14.9. The highest BCUT2D eigenvalue weighted by atomic mass is 16.5. The molecule has 20 heavy (non-hydrogen) atoms. The van der Waals surface area contributed by atoms with Gasteiger partial charge in [0.15, 0.2) is 0 Å². The molecule has 108 valence electrons. The third kappa shape index (κ3) is 2.54. The Kier molecular flexibility index (Phi) is 3.83. The molecule has 0 N–H and O–H groups in total. The summed E-state index contributed by atoms with van der Waals surface area (Å²) in [4.78, 5) is 23.6. The van der Waals surface area contributed by atoms with Gasteiger partial charge in [0.2, 0.25) is 0 Å². The summed E-state index contributed by atoms with van der Waals surface area (Å²) in [6.45, 7) is 3.55. The van der Waals surface area contributed by atoms with Gasteiger partial charge in [-0.05, 0) is 26.0 Å². The summed E-state index contributed by atoms with van der Waals surface area (Å²) >= 11 is 0. The van der Waals surface area contributed by atoms with Crippen LogP contribution in [-0.2, 0) is 27.9 Å². The lowest BCUT2D eigenvalue weighted by Crippen LogP contribution is -2.20. The molecule has 0 aromatic carbocycles. The molecule has 2 rings (SSSR count). The number of fused-ring (bicyclic) bond motifs is 1. The van der Waals surface area contributed by atoms with Gasteiger partial charge in [-0.3, -0.25) is 4.79 Å². The van der Waals surface area contributed by atoms with E-state index in [1.165, 1.54) is 7.11 Å². The Bertz CT molecular complexity index is 651. The molecule has 2 heterocycles. The Morgan fingerprint density at radius 2 is 2.00 bits per heavy atom. The number of carbonyl (C=O) groups excluding carboxylic acids is 2. The smallest absolute Gasteiger partial charge is 0.354 e. The third-order valence-electron chi connectivity index (χ3n) is 3.00. The highest BCUT2D eigenvalue weighted by Gasteiger charge is 2.20. The maximum absolute atomic E-state index is 11.8. The minimum absolute atomic E-state index is 0.0177. The number of aromatic nitrogens is 2. The Hall–Kier alpha value is -2.24. The van der Waals surface area contributed by atoms with E-state index in [1.807, 2.05) is 23.9 Å². The number of hydrogen-bond acceptors (Lipinski definition) is 4. The number of carbonyl (C=O) groups is 2. The first-order chi connectivity index (χ1) is 9.43. The normalized spacial score (nSPS) is 11.1. The molecule has 0 aliphatic heterocycles. The fourth-order valence-corrected chi connectivity index (χ4v) is 2.14. The van der Waals surface area contributed by atoms with Crippen molar-refractivity contribution in [2.45, 2.75) is 26.5 Å². The molecule has 0 aliphatic rings. The summed E-state index contributed by atoms with van der Waals surface area (Å²) in [6.07, 6.45) is 1.68. The highest BCUT2D eigenvalue weighted by molar-refractivity contribution is 5.95. The van der Waals surface area contributed by atoms with E-state index in [4.69, 9.17) is 9.47 Å². The maximum atomic E-state index is 11.8. The first kappa shape index (κ1) is 14.2. The Balaban J connectivity index is 2.43. The number of rotatable bonds is 4. The highest BCUT2D eigenvalue weighted by Crippen LogP contribution is 2.21. The minimum atomic E-state index is -0.474. The van der Waals surface area contributed by atoms with Crippen LogP contribution in [0.5, 0.6) is 0 Å². The number of esters is 2. The number of ether oxygens (including phenoxy) is 2. The monoisotopic (exact) mass is 278 g/mol. The van der Waals surface area contributed by atoms with E-state index in [1.54, 1.807) is 24.5 Å². The van der Waals surface area contributed by atoms with Crippen LogP contribution in [0.4, 0.5) is 0 Å². The molecule has 6 nitrogen and oxygen atoms in total. The first-order valence-corrected chi connectivity index (χ1v) is 6.36. The Labute approximate surface area is 116 Å². The van der Waals surface area contributed by atoms with Crippen LogP contribution in [0.1, 0.15) is 24.3 Å². The van der Waals surface area contributed by atoms with Crippen molar-refractivity contribution >= 4 is 23.0 Å². The number of methoxy groups -OCH3 is 1. The molecule has 2 aromatic heterocycles. The van der Waals surface area contributed by atoms with Crippen LogP contribution in [0.15, 0.2) is 18.3 Å². The van der Waals surface area contributed by atoms with Gasteiger partial charge in [-0.2, -0.15) is 0 Å². The molecule has 0 atom stereocenters. The van der Waals surface area contributed by atoms with Crippen molar-refractivity contribution in [2.24, 2.45) is 7.05 Å². The zero-order valence-corrected chi connectivity index (χ0v) is 12.0. The Morgan fingerprint density at radius 3 is 2.60 bits per heavy atom. The summed E-state index contributed by atoms with van der Waals surface area (Å²) in [7, 11) is 3.19. The second-order valence-electron chi connectivity index (χ2n) is 4.84. The van der Waals surface area contributed by atoms with Crippen LogP contribution >= 0.6 is 0 Å². The number of aryl methyl sites for hydroxylation is 1. The van der Waals surface area contributed by atoms with E-state index < -0.39 is 5.97 Å². The summed E-state index contributed by atoms with van der Waals surface area (Å²) in [5, 5.41) is 0. The van der Waals surface area contributed by atoms with Gasteiger partial charge in [-0.15, -0.1) is 0 Å². The van der Waals surface area contributed by atoms with E-state index in [9.17, 15) is 9.59 Å². The molecule has 0 spiro atoms.